The largest absolute Gasteiger partial charge is 0.337 e. The number of amides is 1. The first-order chi connectivity index (χ1) is 14.4. The van der Waals surface area contributed by atoms with Crippen LogP contribution in [0.1, 0.15) is 22.4 Å². The molecule has 2 aromatic carbocycles. The molecule has 2 heterocycles. The van der Waals surface area contributed by atoms with Gasteiger partial charge in [0, 0.05) is 24.8 Å². The number of aromatic nitrogens is 2. The summed E-state index contributed by atoms with van der Waals surface area (Å²) < 4.78 is 1.43. The maximum absolute atomic E-state index is 12.7. The number of nitrogens with one attached hydrogen (secondary N) is 1. The maximum atomic E-state index is 12.7. The zero-order valence-electron chi connectivity index (χ0n) is 17.0. The van der Waals surface area contributed by atoms with Gasteiger partial charge in [-0.1, -0.05) is 41.9 Å². The fraction of sp³-hybridized carbons (Fsp3) is 0.261. The summed E-state index contributed by atoms with van der Waals surface area (Å²) in [4.78, 5) is 32.1. The van der Waals surface area contributed by atoms with E-state index in [1.54, 1.807) is 19.1 Å². The number of halogens is 1. The predicted molar refractivity (Wildman–Crippen MR) is 119 cm³/mol. The quantitative estimate of drug-likeness (QED) is 0.695. The van der Waals surface area contributed by atoms with Crippen molar-refractivity contribution in [3.63, 3.8) is 0 Å². The first kappa shape index (κ1) is 20.2. The Hall–Kier alpha value is -3.12. The summed E-state index contributed by atoms with van der Waals surface area (Å²) in [5.74, 6) is 0.187. The Morgan fingerprint density at radius 1 is 1.13 bits per heavy atom. The lowest BCUT2D eigenvalue weighted by Gasteiger charge is -2.31. The summed E-state index contributed by atoms with van der Waals surface area (Å²) in [6.45, 7) is 4.97. The first-order valence-electron chi connectivity index (χ1n) is 9.87. The Labute approximate surface area is 180 Å². The van der Waals surface area contributed by atoms with Crippen LogP contribution in [0, 0.1) is 13.8 Å². The molecule has 1 amide bonds. The normalized spacial score (nSPS) is 13.1. The molecular weight excluding hydrogens is 400 g/mol. The van der Waals surface area contributed by atoms with Gasteiger partial charge in [-0.2, -0.15) is 0 Å². The molecular formula is C23H23ClN4O2. The van der Waals surface area contributed by atoms with Crippen LogP contribution in [0.4, 0.5) is 11.6 Å². The van der Waals surface area contributed by atoms with Crippen molar-refractivity contribution in [3.05, 3.63) is 86.3 Å². The molecule has 1 N–H and O–H groups in total. The lowest BCUT2D eigenvalue weighted by molar-refractivity contribution is -0.116. The van der Waals surface area contributed by atoms with Crippen LogP contribution < -0.4 is 15.8 Å². The fourth-order valence-electron chi connectivity index (χ4n) is 3.72. The number of nitrogens with zero attached hydrogens (tertiary/aromatic N) is 3. The Bertz CT molecular complexity index is 1170. The number of hydrogen-bond acceptors (Lipinski definition) is 4. The number of rotatable bonds is 4. The van der Waals surface area contributed by atoms with Crippen LogP contribution in [-0.2, 0) is 24.3 Å². The van der Waals surface area contributed by atoms with Gasteiger partial charge >= 0.3 is 0 Å². The van der Waals surface area contributed by atoms with Crippen LogP contribution in [0.5, 0.6) is 0 Å². The average molecular weight is 423 g/mol. The number of anilines is 2. The summed E-state index contributed by atoms with van der Waals surface area (Å²) in [5, 5.41) is 3.26. The zero-order chi connectivity index (χ0) is 21.3. The predicted octanol–water partition coefficient (Wildman–Crippen LogP) is 3.71. The van der Waals surface area contributed by atoms with Gasteiger partial charge in [0.2, 0.25) is 11.9 Å². The first-order valence-corrected chi connectivity index (χ1v) is 10.2. The molecule has 0 fully saturated rings. The van der Waals surface area contributed by atoms with Gasteiger partial charge < -0.3 is 10.2 Å². The van der Waals surface area contributed by atoms with Crippen LogP contribution in [0.15, 0.2) is 53.3 Å². The number of fused-ring (bicyclic) bond motifs is 1. The number of hydrogen-bond donors (Lipinski definition) is 1. The molecule has 0 saturated heterocycles. The summed E-state index contributed by atoms with van der Waals surface area (Å²) >= 11 is 6.23. The third-order valence-electron chi connectivity index (χ3n) is 5.23. The summed E-state index contributed by atoms with van der Waals surface area (Å²) in [7, 11) is 0. The van der Waals surface area contributed by atoms with Gasteiger partial charge in [0.15, 0.2) is 0 Å². The van der Waals surface area contributed by atoms with Crippen LogP contribution in [-0.4, -0.2) is 22.0 Å². The molecule has 4 rings (SSSR count). The molecule has 0 bridgehead atoms. The van der Waals surface area contributed by atoms with E-state index in [1.165, 1.54) is 21.8 Å². The molecule has 154 valence electrons. The second kappa shape index (κ2) is 8.32. The van der Waals surface area contributed by atoms with Crippen molar-refractivity contribution in [3.8, 4) is 0 Å². The van der Waals surface area contributed by atoms with Gasteiger partial charge in [-0.3, -0.25) is 14.2 Å². The Morgan fingerprint density at radius 2 is 1.90 bits per heavy atom. The SMILES string of the molecule is Cc1ccc(NC(=O)Cn2c(N3CCc4ccccc4C3)nc(C)cc2=O)c(Cl)c1. The molecule has 0 unspecified atom stereocenters. The van der Waals surface area contributed by atoms with Gasteiger partial charge in [-0.25, -0.2) is 4.98 Å². The van der Waals surface area contributed by atoms with Crippen LogP contribution >= 0.6 is 11.6 Å². The van der Waals surface area contributed by atoms with Gasteiger partial charge in [0.25, 0.3) is 5.56 Å². The van der Waals surface area contributed by atoms with E-state index in [1.807, 2.05) is 25.1 Å². The highest BCUT2D eigenvalue weighted by Crippen LogP contribution is 2.24. The van der Waals surface area contributed by atoms with Gasteiger partial charge in [-0.05, 0) is 49.1 Å². The summed E-state index contributed by atoms with van der Waals surface area (Å²) in [5.41, 5.74) is 4.43. The molecule has 0 radical (unpaired) electrons. The maximum Gasteiger partial charge on any atom is 0.255 e. The number of carbonyl (C=O) groups is 1. The van der Waals surface area contributed by atoms with Crippen molar-refractivity contribution in [2.24, 2.45) is 0 Å². The van der Waals surface area contributed by atoms with E-state index in [0.29, 0.717) is 28.9 Å². The second-order valence-electron chi connectivity index (χ2n) is 7.59. The van der Waals surface area contributed by atoms with Gasteiger partial charge in [-0.15, -0.1) is 0 Å². The standard InChI is InChI=1S/C23H23ClN4O2/c1-15-7-8-20(19(24)11-15)26-21(29)14-28-22(30)12-16(2)25-23(28)27-10-9-17-5-3-4-6-18(17)13-27/h3-8,11-12H,9-10,13-14H2,1-2H3,(H,26,29). The molecule has 0 aliphatic carbocycles. The smallest absolute Gasteiger partial charge is 0.255 e. The Morgan fingerprint density at radius 3 is 2.67 bits per heavy atom. The minimum absolute atomic E-state index is 0.135. The average Bonchev–Trinajstić information content (AvgIpc) is 2.71. The number of benzene rings is 2. The van der Waals surface area contributed by atoms with E-state index in [0.717, 1.165) is 18.5 Å². The van der Waals surface area contributed by atoms with Gasteiger partial charge in [0.05, 0.1) is 10.7 Å². The van der Waals surface area contributed by atoms with Crippen LogP contribution in [0.3, 0.4) is 0 Å². The van der Waals surface area contributed by atoms with E-state index in [-0.39, 0.29) is 18.0 Å². The zero-order valence-corrected chi connectivity index (χ0v) is 17.7. The summed E-state index contributed by atoms with van der Waals surface area (Å²) in [6, 6.07) is 15.1. The van der Waals surface area contributed by atoms with E-state index >= 15 is 0 Å². The van der Waals surface area contributed by atoms with Crippen molar-refractivity contribution < 1.29 is 4.79 Å². The van der Waals surface area contributed by atoms with E-state index in [9.17, 15) is 9.59 Å². The fourth-order valence-corrected chi connectivity index (χ4v) is 4.00. The molecule has 0 atom stereocenters. The third kappa shape index (κ3) is 4.24. The third-order valence-corrected chi connectivity index (χ3v) is 5.54. The van der Waals surface area contributed by atoms with Crippen LogP contribution in [0.25, 0.3) is 0 Å². The molecule has 30 heavy (non-hydrogen) atoms. The highest BCUT2D eigenvalue weighted by Gasteiger charge is 2.22. The lowest BCUT2D eigenvalue weighted by Crippen LogP contribution is -2.38. The molecule has 1 aliphatic rings. The minimum Gasteiger partial charge on any atom is -0.337 e. The highest BCUT2D eigenvalue weighted by molar-refractivity contribution is 6.33. The van der Waals surface area contributed by atoms with Crippen molar-refractivity contribution in [2.75, 3.05) is 16.8 Å². The van der Waals surface area contributed by atoms with Gasteiger partial charge in [0.1, 0.15) is 6.54 Å². The molecule has 1 aliphatic heterocycles. The van der Waals surface area contributed by atoms with E-state index < -0.39 is 0 Å². The lowest BCUT2D eigenvalue weighted by atomic mass is 10.0. The Balaban J connectivity index is 1.61. The van der Waals surface area contributed by atoms with Crippen LogP contribution in [0.2, 0.25) is 5.02 Å². The second-order valence-corrected chi connectivity index (χ2v) is 8.00. The molecule has 0 spiro atoms. The van der Waals surface area contributed by atoms with E-state index in [4.69, 9.17) is 11.6 Å². The van der Waals surface area contributed by atoms with E-state index in [2.05, 4.69) is 27.3 Å². The monoisotopic (exact) mass is 422 g/mol. The Kier molecular flexibility index (Phi) is 5.59. The summed E-state index contributed by atoms with van der Waals surface area (Å²) in [6.07, 6.45) is 0.866. The molecule has 3 aromatic rings. The molecule has 1 aromatic heterocycles. The number of carbonyl (C=O) groups excluding carboxylic acids is 1. The number of aryl methyl sites for hydroxylation is 2. The highest BCUT2D eigenvalue weighted by atomic mass is 35.5. The van der Waals surface area contributed by atoms with Crippen molar-refractivity contribution >= 4 is 29.1 Å². The molecule has 0 saturated carbocycles. The van der Waals surface area contributed by atoms with Crippen molar-refractivity contribution in [2.45, 2.75) is 33.4 Å². The molecule has 6 nitrogen and oxygen atoms in total. The minimum atomic E-state index is -0.327. The topological polar surface area (TPSA) is 67.2 Å². The van der Waals surface area contributed by atoms with Crippen molar-refractivity contribution in [1.82, 2.24) is 9.55 Å². The van der Waals surface area contributed by atoms with Crippen molar-refractivity contribution in [1.29, 1.82) is 0 Å². The molecule has 7 heteroatoms.